The molecule has 0 aromatic heterocycles. The Morgan fingerprint density at radius 3 is 2.60 bits per heavy atom. The van der Waals surface area contributed by atoms with E-state index in [1.54, 1.807) is 4.90 Å². The van der Waals surface area contributed by atoms with Crippen LogP contribution >= 0.6 is 0 Å². The highest BCUT2D eigenvalue weighted by atomic mass is 16.3. The van der Waals surface area contributed by atoms with Crippen LogP contribution in [0.1, 0.15) is 34.3 Å². The number of benzene rings is 1. The van der Waals surface area contributed by atoms with Gasteiger partial charge in [-0.05, 0) is 45.4 Å². The van der Waals surface area contributed by atoms with Crippen molar-refractivity contribution < 1.29 is 9.90 Å². The Labute approximate surface area is 120 Å². The largest absolute Gasteiger partial charge is 0.395 e. The van der Waals surface area contributed by atoms with Gasteiger partial charge in [-0.3, -0.25) is 4.79 Å². The number of rotatable bonds is 5. The molecule has 4 heteroatoms. The fraction of sp³-hybridized carbons (Fsp3) is 0.562. The molecule has 0 radical (unpaired) electrons. The van der Waals surface area contributed by atoms with Crippen LogP contribution in [0.15, 0.2) is 18.2 Å². The molecular formula is C16H24N2O2. The Kier molecular flexibility index (Phi) is 5.15. The molecule has 2 rings (SSSR count). The fourth-order valence-corrected chi connectivity index (χ4v) is 2.86. The molecule has 1 aliphatic rings. The lowest BCUT2D eigenvalue weighted by molar-refractivity contribution is 0.0706. The van der Waals surface area contributed by atoms with Gasteiger partial charge >= 0.3 is 0 Å². The Hall–Kier alpha value is -1.39. The van der Waals surface area contributed by atoms with Gasteiger partial charge in [-0.1, -0.05) is 17.2 Å². The van der Waals surface area contributed by atoms with Crippen LogP contribution in [0.2, 0.25) is 0 Å². The van der Waals surface area contributed by atoms with Gasteiger partial charge < -0.3 is 15.3 Å². The molecule has 110 valence electrons. The number of nitrogens with zero attached hydrogens (tertiary/aromatic N) is 1. The van der Waals surface area contributed by atoms with Crippen LogP contribution in [0.5, 0.6) is 0 Å². The maximum absolute atomic E-state index is 12.6. The molecule has 2 N–H and O–H groups in total. The van der Waals surface area contributed by atoms with Crippen molar-refractivity contribution in [2.24, 2.45) is 0 Å². The van der Waals surface area contributed by atoms with Gasteiger partial charge in [0, 0.05) is 24.7 Å². The summed E-state index contributed by atoms with van der Waals surface area (Å²) in [5.41, 5.74) is 2.90. The summed E-state index contributed by atoms with van der Waals surface area (Å²) in [6.45, 7) is 6.09. The molecule has 0 bridgehead atoms. The predicted molar refractivity (Wildman–Crippen MR) is 79.9 cm³/mol. The third kappa shape index (κ3) is 3.81. The highest BCUT2D eigenvalue weighted by Crippen LogP contribution is 2.13. The van der Waals surface area contributed by atoms with Crippen LogP contribution in [-0.2, 0) is 0 Å². The normalized spacial score (nSPS) is 18.2. The average Bonchev–Trinajstić information content (AvgIpc) is 2.89. The maximum Gasteiger partial charge on any atom is 0.254 e. The molecule has 0 spiro atoms. The molecule has 1 aliphatic heterocycles. The zero-order valence-electron chi connectivity index (χ0n) is 12.4. The highest BCUT2D eigenvalue weighted by molar-refractivity contribution is 5.94. The van der Waals surface area contributed by atoms with Gasteiger partial charge in [0.15, 0.2) is 0 Å². The van der Waals surface area contributed by atoms with E-state index in [0.717, 1.165) is 30.5 Å². The smallest absolute Gasteiger partial charge is 0.254 e. The number of amides is 1. The van der Waals surface area contributed by atoms with E-state index >= 15 is 0 Å². The lowest BCUT2D eigenvalue weighted by Crippen LogP contribution is -2.42. The second-order valence-electron chi connectivity index (χ2n) is 5.64. The first-order chi connectivity index (χ1) is 9.60. The van der Waals surface area contributed by atoms with Crippen molar-refractivity contribution in [1.82, 2.24) is 10.2 Å². The monoisotopic (exact) mass is 276 g/mol. The first-order valence-electron chi connectivity index (χ1n) is 7.32. The summed E-state index contributed by atoms with van der Waals surface area (Å²) < 4.78 is 0. The number of aliphatic hydroxyl groups is 1. The van der Waals surface area contributed by atoms with Gasteiger partial charge in [0.1, 0.15) is 0 Å². The number of carbonyl (C=O) groups excluding carboxylic acids is 1. The zero-order chi connectivity index (χ0) is 14.5. The minimum atomic E-state index is 0.00323. The highest BCUT2D eigenvalue weighted by Gasteiger charge is 2.22. The number of aliphatic hydroxyl groups excluding tert-OH is 1. The van der Waals surface area contributed by atoms with Crippen molar-refractivity contribution in [2.45, 2.75) is 32.7 Å². The van der Waals surface area contributed by atoms with Crippen molar-refractivity contribution in [2.75, 3.05) is 26.2 Å². The van der Waals surface area contributed by atoms with Gasteiger partial charge in [0.2, 0.25) is 0 Å². The maximum atomic E-state index is 12.6. The summed E-state index contributed by atoms with van der Waals surface area (Å²) in [5, 5.41) is 12.6. The average molecular weight is 276 g/mol. The van der Waals surface area contributed by atoms with E-state index in [1.165, 1.54) is 0 Å². The van der Waals surface area contributed by atoms with Gasteiger partial charge in [-0.25, -0.2) is 0 Å². The molecule has 20 heavy (non-hydrogen) atoms. The molecule has 0 aliphatic carbocycles. The van der Waals surface area contributed by atoms with Crippen molar-refractivity contribution in [3.8, 4) is 0 Å². The number of aryl methyl sites for hydroxylation is 2. The van der Waals surface area contributed by atoms with Gasteiger partial charge in [0.25, 0.3) is 5.91 Å². The van der Waals surface area contributed by atoms with E-state index < -0.39 is 0 Å². The van der Waals surface area contributed by atoms with Crippen molar-refractivity contribution in [3.05, 3.63) is 34.9 Å². The summed E-state index contributed by atoms with van der Waals surface area (Å²) in [6.07, 6.45) is 2.26. The lowest BCUT2D eigenvalue weighted by atomic mass is 10.1. The minimum absolute atomic E-state index is 0.00323. The van der Waals surface area contributed by atoms with E-state index in [4.69, 9.17) is 0 Å². The molecule has 1 aromatic carbocycles. The minimum Gasteiger partial charge on any atom is -0.395 e. The fourth-order valence-electron chi connectivity index (χ4n) is 2.86. The van der Waals surface area contributed by atoms with E-state index in [9.17, 15) is 9.90 Å². The standard InChI is InChI=1S/C16H24N2O2/c1-12-8-13(2)10-14(9-12)16(20)18(6-7-19)11-15-4-3-5-17-15/h8-10,15,17,19H,3-7,11H2,1-2H3. The van der Waals surface area contributed by atoms with E-state index in [0.29, 0.717) is 24.7 Å². The van der Waals surface area contributed by atoms with Gasteiger partial charge in [-0.15, -0.1) is 0 Å². The first kappa shape index (κ1) is 15.0. The van der Waals surface area contributed by atoms with Crippen LogP contribution in [0.25, 0.3) is 0 Å². The van der Waals surface area contributed by atoms with Crippen molar-refractivity contribution in [1.29, 1.82) is 0 Å². The second-order valence-corrected chi connectivity index (χ2v) is 5.64. The first-order valence-corrected chi connectivity index (χ1v) is 7.32. The molecule has 1 unspecified atom stereocenters. The molecule has 4 nitrogen and oxygen atoms in total. The zero-order valence-corrected chi connectivity index (χ0v) is 12.4. The number of carbonyl (C=O) groups is 1. The Balaban J connectivity index is 2.12. The molecular weight excluding hydrogens is 252 g/mol. The van der Waals surface area contributed by atoms with E-state index in [1.807, 2.05) is 26.0 Å². The quantitative estimate of drug-likeness (QED) is 0.856. The molecule has 1 heterocycles. The lowest BCUT2D eigenvalue weighted by Gasteiger charge is -2.25. The Morgan fingerprint density at radius 2 is 2.05 bits per heavy atom. The number of hydrogen-bond acceptors (Lipinski definition) is 3. The van der Waals surface area contributed by atoms with E-state index in [2.05, 4.69) is 11.4 Å². The molecule has 0 saturated carbocycles. The van der Waals surface area contributed by atoms with Crippen LogP contribution in [0.4, 0.5) is 0 Å². The Bertz CT molecular complexity index is 447. The summed E-state index contributed by atoms with van der Waals surface area (Å²) >= 11 is 0. The molecule has 1 aromatic rings. The second kappa shape index (κ2) is 6.86. The third-order valence-electron chi connectivity index (χ3n) is 3.73. The molecule has 1 amide bonds. The summed E-state index contributed by atoms with van der Waals surface area (Å²) in [4.78, 5) is 14.4. The van der Waals surface area contributed by atoms with Crippen molar-refractivity contribution >= 4 is 5.91 Å². The SMILES string of the molecule is Cc1cc(C)cc(C(=O)N(CCO)CC2CCCN2)c1. The van der Waals surface area contributed by atoms with Crippen LogP contribution < -0.4 is 5.32 Å². The van der Waals surface area contributed by atoms with Crippen LogP contribution in [-0.4, -0.2) is 48.2 Å². The molecule has 1 saturated heterocycles. The summed E-state index contributed by atoms with van der Waals surface area (Å²) in [7, 11) is 0. The third-order valence-corrected chi connectivity index (χ3v) is 3.73. The van der Waals surface area contributed by atoms with Crippen LogP contribution in [0, 0.1) is 13.8 Å². The number of hydrogen-bond donors (Lipinski definition) is 2. The summed E-state index contributed by atoms with van der Waals surface area (Å²) in [5.74, 6) is 0.0135. The van der Waals surface area contributed by atoms with E-state index in [-0.39, 0.29) is 12.5 Å². The summed E-state index contributed by atoms with van der Waals surface area (Å²) in [6, 6.07) is 6.26. The molecule has 1 fully saturated rings. The molecule has 1 atom stereocenters. The predicted octanol–water partition coefficient (Wildman–Crippen LogP) is 1.49. The number of nitrogens with one attached hydrogen (secondary N) is 1. The van der Waals surface area contributed by atoms with Gasteiger partial charge in [0.05, 0.1) is 6.61 Å². The topological polar surface area (TPSA) is 52.6 Å². The Morgan fingerprint density at radius 1 is 1.35 bits per heavy atom. The van der Waals surface area contributed by atoms with Crippen molar-refractivity contribution in [3.63, 3.8) is 0 Å². The van der Waals surface area contributed by atoms with Gasteiger partial charge in [-0.2, -0.15) is 0 Å². The van der Waals surface area contributed by atoms with Crippen LogP contribution in [0.3, 0.4) is 0 Å².